The van der Waals surface area contributed by atoms with Gasteiger partial charge in [0, 0.05) is 51.3 Å². The maximum atomic E-state index is 13.2. The maximum Gasteiger partial charge on any atom is 0.416 e. The molecule has 0 spiro atoms. The van der Waals surface area contributed by atoms with Crippen molar-refractivity contribution in [2.45, 2.75) is 76.8 Å². The third-order valence-electron chi connectivity index (χ3n) is 6.61. The summed E-state index contributed by atoms with van der Waals surface area (Å²) in [6.45, 7) is 2.67. The standard InChI is InChI=1S/C21H28F3N3O3.C6H7NO/c1-14(28)27-11-9-17(10-12-27)30-19-8-7-15(21(22,23)24)13-18(19)26-20(29)25-16-5-3-2-4-6-16;8-5-6-1-3-7-4-2-6/h7-8,13,16-17H,2-6,9-12H2,1H3,(H2,25,26,29);1-4,8H,5H2. The number of amides is 3. The molecule has 208 valence electrons. The quantitative estimate of drug-likeness (QED) is 0.492. The number of likely N-dealkylation sites (tertiary alicyclic amines) is 1. The summed E-state index contributed by atoms with van der Waals surface area (Å²) in [5, 5.41) is 13.9. The van der Waals surface area contributed by atoms with Crippen LogP contribution in [0.2, 0.25) is 0 Å². The average molecular weight is 537 g/mol. The second-order valence-electron chi connectivity index (χ2n) is 9.48. The fraction of sp³-hybridized carbons (Fsp3) is 0.519. The number of ether oxygens (including phenoxy) is 1. The first-order valence-corrected chi connectivity index (χ1v) is 12.9. The zero-order chi connectivity index (χ0) is 27.5. The zero-order valence-electron chi connectivity index (χ0n) is 21.5. The number of aliphatic hydroxyl groups excluding tert-OH is 1. The van der Waals surface area contributed by atoms with E-state index >= 15 is 0 Å². The van der Waals surface area contributed by atoms with Gasteiger partial charge in [-0.15, -0.1) is 0 Å². The molecule has 11 heteroatoms. The highest BCUT2D eigenvalue weighted by Gasteiger charge is 2.32. The van der Waals surface area contributed by atoms with Gasteiger partial charge in [0.15, 0.2) is 0 Å². The van der Waals surface area contributed by atoms with Crippen LogP contribution in [0.25, 0.3) is 0 Å². The molecule has 3 N–H and O–H groups in total. The predicted molar refractivity (Wildman–Crippen MR) is 137 cm³/mol. The Kier molecular flexibility index (Phi) is 10.8. The lowest BCUT2D eigenvalue weighted by molar-refractivity contribution is -0.137. The van der Waals surface area contributed by atoms with Gasteiger partial charge in [-0.25, -0.2) is 4.79 Å². The molecule has 1 aliphatic carbocycles. The summed E-state index contributed by atoms with van der Waals surface area (Å²) in [4.78, 5) is 29.4. The van der Waals surface area contributed by atoms with E-state index in [0.29, 0.717) is 25.9 Å². The van der Waals surface area contributed by atoms with Crippen LogP contribution in [0, 0.1) is 0 Å². The van der Waals surface area contributed by atoms with E-state index in [9.17, 15) is 22.8 Å². The van der Waals surface area contributed by atoms with Crippen LogP contribution in [0.5, 0.6) is 5.75 Å². The second kappa shape index (κ2) is 14.0. The van der Waals surface area contributed by atoms with Gasteiger partial charge in [0.25, 0.3) is 0 Å². The molecule has 3 amide bonds. The van der Waals surface area contributed by atoms with Crippen molar-refractivity contribution in [3.8, 4) is 5.75 Å². The van der Waals surface area contributed by atoms with E-state index in [4.69, 9.17) is 9.84 Å². The lowest BCUT2D eigenvalue weighted by Gasteiger charge is -2.32. The number of nitrogens with one attached hydrogen (secondary N) is 2. The highest BCUT2D eigenvalue weighted by Crippen LogP contribution is 2.36. The molecular formula is C27H35F3N4O4. The molecule has 1 saturated heterocycles. The van der Waals surface area contributed by atoms with Crippen molar-refractivity contribution in [1.82, 2.24) is 15.2 Å². The first-order valence-electron chi connectivity index (χ1n) is 12.9. The van der Waals surface area contributed by atoms with Crippen LogP contribution in [0.4, 0.5) is 23.7 Å². The Balaban J connectivity index is 0.000000427. The molecule has 4 rings (SSSR count). The molecule has 0 atom stereocenters. The molecule has 1 aromatic carbocycles. The van der Waals surface area contributed by atoms with Crippen LogP contribution in [-0.2, 0) is 17.6 Å². The molecule has 2 heterocycles. The van der Waals surface area contributed by atoms with Crippen molar-refractivity contribution in [1.29, 1.82) is 0 Å². The third-order valence-corrected chi connectivity index (χ3v) is 6.61. The normalized spacial score (nSPS) is 16.7. The average Bonchev–Trinajstić information content (AvgIpc) is 2.90. The Hall–Kier alpha value is -3.34. The van der Waals surface area contributed by atoms with E-state index in [2.05, 4.69) is 15.6 Å². The van der Waals surface area contributed by atoms with E-state index in [1.807, 2.05) is 0 Å². The van der Waals surface area contributed by atoms with Crippen LogP contribution >= 0.6 is 0 Å². The van der Waals surface area contributed by atoms with Crippen LogP contribution in [0.1, 0.15) is 63.0 Å². The number of carbonyl (C=O) groups excluding carboxylic acids is 2. The van der Waals surface area contributed by atoms with Gasteiger partial charge in [-0.1, -0.05) is 19.3 Å². The van der Waals surface area contributed by atoms with E-state index in [0.717, 1.165) is 49.8 Å². The number of urea groups is 1. The number of halogens is 3. The first-order chi connectivity index (χ1) is 18.2. The summed E-state index contributed by atoms with van der Waals surface area (Å²) in [6, 6.07) is 6.16. The smallest absolute Gasteiger partial charge is 0.416 e. The number of rotatable bonds is 5. The van der Waals surface area contributed by atoms with Gasteiger partial charge >= 0.3 is 12.2 Å². The zero-order valence-corrected chi connectivity index (χ0v) is 21.5. The number of hydrogen-bond donors (Lipinski definition) is 3. The lowest BCUT2D eigenvalue weighted by Crippen LogP contribution is -2.41. The molecule has 0 unspecified atom stereocenters. The molecule has 8 nitrogen and oxygen atoms in total. The van der Waals surface area contributed by atoms with Crippen molar-refractivity contribution < 1.29 is 32.6 Å². The first kappa shape index (κ1) is 29.2. The van der Waals surface area contributed by atoms with Gasteiger partial charge in [-0.3, -0.25) is 9.78 Å². The highest BCUT2D eigenvalue weighted by atomic mass is 19.4. The van der Waals surface area contributed by atoms with Gasteiger partial charge in [-0.2, -0.15) is 13.2 Å². The minimum Gasteiger partial charge on any atom is -0.488 e. The molecule has 2 fully saturated rings. The Morgan fingerprint density at radius 2 is 1.71 bits per heavy atom. The molecule has 2 aromatic rings. The molecule has 38 heavy (non-hydrogen) atoms. The van der Waals surface area contributed by atoms with Crippen LogP contribution in [0.3, 0.4) is 0 Å². The molecule has 1 aliphatic heterocycles. The SMILES string of the molecule is CC(=O)N1CCC(Oc2ccc(C(F)(F)F)cc2NC(=O)NC2CCCCC2)CC1.OCc1ccncc1. The summed E-state index contributed by atoms with van der Waals surface area (Å²) < 4.78 is 45.5. The van der Waals surface area contributed by atoms with Crippen molar-refractivity contribution in [3.63, 3.8) is 0 Å². The molecule has 2 aliphatic rings. The topological polar surface area (TPSA) is 104 Å². The predicted octanol–water partition coefficient (Wildman–Crippen LogP) is 5.12. The number of carbonyl (C=O) groups is 2. The lowest BCUT2D eigenvalue weighted by atomic mass is 9.96. The second-order valence-corrected chi connectivity index (χ2v) is 9.48. The highest BCUT2D eigenvalue weighted by molar-refractivity contribution is 5.91. The minimum absolute atomic E-state index is 0.00729. The van der Waals surface area contributed by atoms with Crippen LogP contribution < -0.4 is 15.4 Å². The van der Waals surface area contributed by atoms with Crippen molar-refractivity contribution >= 4 is 17.6 Å². The number of piperidine rings is 1. The van der Waals surface area contributed by atoms with E-state index < -0.39 is 17.8 Å². The number of hydrogen-bond acceptors (Lipinski definition) is 5. The summed E-state index contributed by atoms with van der Waals surface area (Å²) in [5.74, 6) is 0.188. The Morgan fingerprint density at radius 1 is 1.05 bits per heavy atom. The number of benzene rings is 1. The summed E-state index contributed by atoms with van der Waals surface area (Å²) in [7, 11) is 0. The van der Waals surface area contributed by atoms with Gasteiger partial charge in [0.05, 0.1) is 17.9 Å². The Bertz CT molecular complexity index is 1040. The van der Waals surface area contributed by atoms with Crippen molar-refractivity contribution in [3.05, 3.63) is 53.9 Å². The van der Waals surface area contributed by atoms with Gasteiger partial charge < -0.3 is 25.4 Å². The van der Waals surface area contributed by atoms with E-state index in [1.54, 1.807) is 29.4 Å². The Morgan fingerprint density at radius 3 is 2.26 bits per heavy atom. The number of aromatic nitrogens is 1. The number of nitrogens with zero attached hydrogens (tertiary/aromatic N) is 2. The number of pyridine rings is 1. The van der Waals surface area contributed by atoms with Gasteiger partial charge in [0.2, 0.25) is 5.91 Å². The molecule has 1 aromatic heterocycles. The van der Waals surface area contributed by atoms with Crippen LogP contribution in [-0.4, -0.2) is 52.2 Å². The fourth-order valence-corrected chi connectivity index (χ4v) is 4.45. The van der Waals surface area contributed by atoms with E-state index in [1.165, 1.54) is 13.0 Å². The van der Waals surface area contributed by atoms with Crippen molar-refractivity contribution in [2.75, 3.05) is 18.4 Å². The van der Waals surface area contributed by atoms with E-state index in [-0.39, 0.29) is 36.1 Å². The molecule has 1 saturated carbocycles. The monoisotopic (exact) mass is 536 g/mol. The molecular weight excluding hydrogens is 501 g/mol. The summed E-state index contributed by atoms with van der Waals surface area (Å²) >= 11 is 0. The number of aliphatic hydroxyl groups is 1. The summed E-state index contributed by atoms with van der Waals surface area (Å²) in [6.07, 6.45) is 4.64. The number of alkyl halides is 3. The Labute approximate surface area is 220 Å². The molecule has 0 bridgehead atoms. The van der Waals surface area contributed by atoms with Crippen LogP contribution in [0.15, 0.2) is 42.7 Å². The summed E-state index contributed by atoms with van der Waals surface area (Å²) in [5.41, 5.74) is 0.0429. The fourth-order valence-electron chi connectivity index (χ4n) is 4.45. The largest absolute Gasteiger partial charge is 0.488 e. The number of anilines is 1. The maximum absolute atomic E-state index is 13.2. The van der Waals surface area contributed by atoms with Crippen molar-refractivity contribution in [2.24, 2.45) is 0 Å². The van der Waals surface area contributed by atoms with Gasteiger partial charge in [-0.05, 0) is 48.7 Å². The minimum atomic E-state index is -4.53. The third kappa shape index (κ3) is 9.20. The van der Waals surface area contributed by atoms with Gasteiger partial charge in [0.1, 0.15) is 11.9 Å². The molecule has 0 radical (unpaired) electrons.